The summed E-state index contributed by atoms with van der Waals surface area (Å²) >= 11 is 0. The standard InChI is InChI=1S/C18H19N7O3/c1-11(2)9-24-15-13(7-12(8-20-15)16(26)28-3)23(18(24)27)10-14-21-17-19-5-4-6-25(17)22-14/h4-8,11H,9-10H2,1-3H3. The second-order valence-corrected chi connectivity index (χ2v) is 6.82. The monoisotopic (exact) mass is 381 g/mol. The Labute approximate surface area is 159 Å². The molecule has 0 aliphatic carbocycles. The lowest BCUT2D eigenvalue weighted by atomic mass is 10.2. The Bertz CT molecular complexity index is 1200. The number of hydrogen-bond acceptors (Lipinski definition) is 7. The number of hydrogen-bond donors (Lipinski definition) is 0. The SMILES string of the molecule is COC(=O)c1cnc2c(c1)n(Cc1nc3ncccn3n1)c(=O)n2CC(C)C. The summed E-state index contributed by atoms with van der Waals surface area (Å²) in [5.41, 5.74) is 1.08. The molecule has 0 fully saturated rings. The third-order valence-corrected chi connectivity index (χ3v) is 4.28. The lowest BCUT2D eigenvalue weighted by Gasteiger charge is -2.05. The largest absolute Gasteiger partial charge is 0.465 e. The van der Waals surface area contributed by atoms with Gasteiger partial charge in [0.1, 0.15) is 0 Å². The van der Waals surface area contributed by atoms with Gasteiger partial charge in [0.05, 0.1) is 24.7 Å². The van der Waals surface area contributed by atoms with Crippen molar-refractivity contribution < 1.29 is 9.53 Å². The minimum Gasteiger partial charge on any atom is -0.465 e. The van der Waals surface area contributed by atoms with Crippen LogP contribution in [0.4, 0.5) is 0 Å². The lowest BCUT2D eigenvalue weighted by molar-refractivity contribution is 0.0600. The van der Waals surface area contributed by atoms with Gasteiger partial charge in [0.2, 0.25) is 0 Å². The first-order valence-electron chi connectivity index (χ1n) is 8.81. The summed E-state index contributed by atoms with van der Waals surface area (Å²) < 4.78 is 9.45. The van der Waals surface area contributed by atoms with E-state index in [2.05, 4.69) is 20.1 Å². The van der Waals surface area contributed by atoms with E-state index in [0.717, 1.165) is 0 Å². The van der Waals surface area contributed by atoms with E-state index in [-0.39, 0.29) is 23.7 Å². The molecule has 4 rings (SSSR count). The minimum atomic E-state index is -0.514. The molecule has 144 valence electrons. The first-order valence-corrected chi connectivity index (χ1v) is 8.81. The van der Waals surface area contributed by atoms with Crippen LogP contribution in [-0.4, -0.2) is 46.8 Å². The highest BCUT2D eigenvalue weighted by atomic mass is 16.5. The molecule has 4 aromatic rings. The first-order chi connectivity index (χ1) is 13.5. The van der Waals surface area contributed by atoms with Crippen molar-refractivity contribution in [2.24, 2.45) is 5.92 Å². The second kappa shape index (κ2) is 6.87. The van der Waals surface area contributed by atoms with Crippen LogP contribution >= 0.6 is 0 Å². The molecule has 0 spiro atoms. The number of methoxy groups -OCH3 is 1. The molecular weight excluding hydrogens is 362 g/mol. The zero-order valence-electron chi connectivity index (χ0n) is 15.7. The zero-order valence-corrected chi connectivity index (χ0v) is 15.7. The average Bonchev–Trinajstić information content (AvgIpc) is 3.21. The third kappa shape index (κ3) is 3.02. The quantitative estimate of drug-likeness (QED) is 0.477. The van der Waals surface area contributed by atoms with Crippen molar-refractivity contribution in [1.82, 2.24) is 33.7 Å². The van der Waals surface area contributed by atoms with Crippen LogP contribution in [0.2, 0.25) is 0 Å². The van der Waals surface area contributed by atoms with Crippen LogP contribution in [0.3, 0.4) is 0 Å². The molecule has 0 atom stereocenters. The number of aromatic nitrogens is 7. The molecule has 28 heavy (non-hydrogen) atoms. The number of imidazole rings is 1. The maximum Gasteiger partial charge on any atom is 0.339 e. The van der Waals surface area contributed by atoms with E-state index in [1.54, 1.807) is 33.6 Å². The maximum atomic E-state index is 13.1. The molecule has 0 bridgehead atoms. The molecule has 0 aliphatic rings. The van der Waals surface area contributed by atoms with Gasteiger partial charge in [0.15, 0.2) is 11.5 Å². The zero-order chi connectivity index (χ0) is 19.8. The summed E-state index contributed by atoms with van der Waals surface area (Å²) in [4.78, 5) is 37.9. The number of fused-ring (bicyclic) bond motifs is 2. The number of nitrogens with zero attached hydrogens (tertiary/aromatic N) is 7. The van der Waals surface area contributed by atoms with Gasteiger partial charge in [-0.2, -0.15) is 4.98 Å². The molecule has 0 saturated carbocycles. The van der Waals surface area contributed by atoms with Crippen LogP contribution < -0.4 is 5.69 Å². The first kappa shape index (κ1) is 17.8. The van der Waals surface area contributed by atoms with Gasteiger partial charge in [-0.1, -0.05) is 13.8 Å². The van der Waals surface area contributed by atoms with Crippen molar-refractivity contribution in [2.45, 2.75) is 26.9 Å². The Morgan fingerprint density at radius 1 is 1.25 bits per heavy atom. The molecule has 0 unspecified atom stereocenters. The number of esters is 1. The Morgan fingerprint density at radius 2 is 2.07 bits per heavy atom. The van der Waals surface area contributed by atoms with E-state index < -0.39 is 5.97 Å². The van der Waals surface area contributed by atoms with Crippen molar-refractivity contribution in [2.75, 3.05) is 7.11 Å². The highest BCUT2D eigenvalue weighted by Crippen LogP contribution is 2.16. The van der Waals surface area contributed by atoms with E-state index >= 15 is 0 Å². The summed E-state index contributed by atoms with van der Waals surface area (Å²) in [5, 5.41) is 4.36. The smallest absolute Gasteiger partial charge is 0.339 e. The van der Waals surface area contributed by atoms with E-state index in [1.807, 2.05) is 13.8 Å². The molecular formula is C18H19N7O3. The lowest BCUT2D eigenvalue weighted by Crippen LogP contribution is -2.26. The molecule has 10 nitrogen and oxygen atoms in total. The highest BCUT2D eigenvalue weighted by molar-refractivity contribution is 5.92. The van der Waals surface area contributed by atoms with E-state index in [0.29, 0.717) is 29.3 Å². The molecule has 0 N–H and O–H groups in total. The third-order valence-electron chi connectivity index (χ3n) is 4.28. The summed E-state index contributed by atoms with van der Waals surface area (Å²) in [6.07, 6.45) is 4.78. The van der Waals surface area contributed by atoms with Gasteiger partial charge in [-0.05, 0) is 18.1 Å². The normalized spacial score (nSPS) is 11.6. The number of ether oxygens (including phenoxy) is 1. The Morgan fingerprint density at radius 3 is 2.79 bits per heavy atom. The summed E-state index contributed by atoms with van der Waals surface area (Å²) in [6.45, 7) is 4.69. The molecule has 0 aliphatic heterocycles. The summed E-state index contributed by atoms with van der Waals surface area (Å²) in [5.74, 6) is 0.620. The van der Waals surface area contributed by atoms with Crippen molar-refractivity contribution in [1.29, 1.82) is 0 Å². The van der Waals surface area contributed by atoms with Gasteiger partial charge in [-0.25, -0.2) is 24.1 Å². The number of pyridine rings is 1. The summed E-state index contributed by atoms with van der Waals surface area (Å²) in [6, 6.07) is 3.36. The number of carbonyl (C=O) groups is 1. The van der Waals surface area contributed by atoms with Crippen molar-refractivity contribution in [3.8, 4) is 0 Å². The van der Waals surface area contributed by atoms with Gasteiger partial charge in [0.25, 0.3) is 5.78 Å². The maximum absolute atomic E-state index is 13.1. The number of rotatable bonds is 5. The van der Waals surface area contributed by atoms with Crippen molar-refractivity contribution in [3.63, 3.8) is 0 Å². The second-order valence-electron chi connectivity index (χ2n) is 6.82. The minimum absolute atomic E-state index is 0.135. The van der Waals surface area contributed by atoms with Crippen LogP contribution in [0, 0.1) is 5.92 Å². The Kier molecular flexibility index (Phi) is 4.38. The van der Waals surface area contributed by atoms with Crippen molar-refractivity contribution in [3.05, 3.63) is 52.6 Å². The highest BCUT2D eigenvalue weighted by Gasteiger charge is 2.19. The van der Waals surface area contributed by atoms with Gasteiger partial charge < -0.3 is 4.74 Å². The van der Waals surface area contributed by atoms with Crippen LogP contribution in [0.5, 0.6) is 0 Å². The molecule has 0 radical (unpaired) electrons. The predicted molar refractivity (Wildman–Crippen MR) is 100 cm³/mol. The number of carbonyl (C=O) groups excluding carboxylic acids is 1. The van der Waals surface area contributed by atoms with Gasteiger partial charge in [-0.15, -0.1) is 5.10 Å². The summed E-state index contributed by atoms with van der Waals surface area (Å²) in [7, 11) is 1.30. The van der Waals surface area contributed by atoms with Crippen LogP contribution in [0.25, 0.3) is 16.9 Å². The average molecular weight is 381 g/mol. The molecule has 10 heteroatoms. The van der Waals surface area contributed by atoms with Gasteiger partial charge in [-0.3, -0.25) is 9.13 Å². The molecule has 0 aromatic carbocycles. The van der Waals surface area contributed by atoms with Crippen LogP contribution in [0.1, 0.15) is 30.0 Å². The molecule has 0 amide bonds. The van der Waals surface area contributed by atoms with Gasteiger partial charge >= 0.3 is 11.7 Å². The van der Waals surface area contributed by atoms with Crippen molar-refractivity contribution >= 4 is 22.9 Å². The fraction of sp³-hybridized carbons (Fsp3) is 0.333. The molecule has 0 saturated heterocycles. The van der Waals surface area contributed by atoms with Crippen LogP contribution in [0.15, 0.2) is 35.5 Å². The fourth-order valence-corrected chi connectivity index (χ4v) is 3.09. The molecule has 4 aromatic heterocycles. The van der Waals surface area contributed by atoms with E-state index in [9.17, 15) is 9.59 Å². The predicted octanol–water partition coefficient (Wildman–Crippen LogP) is 1.13. The topological polar surface area (TPSA) is 109 Å². The fourth-order valence-electron chi connectivity index (χ4n) is 3.09. The molecule has 4 heterocycles. The van der Waals surface area contributed by atoms with E-state index in [1.165, 1.54) is 17.9 Å². The Balaban J connectivity index is 1.87. The Hall–Kier alpha value is -3.56. The van der Waals surface area contributed by atoms with Gasteiger partial charge in [0, 0.05) is 25.1 Å². The van der Waals surface area contributed by atoms with Crippen LogP contribution in [-0.2, 0) is 17.8 Å². The van der Waals surface area contributed by atoms with E-state index in [4.69, 9.17) is 4.74 Å².